The summed E-state index contributed by atoms with van der Waals surface area (Å²) in [7, 11) is 0. The minimum absolute atomic E-state index is 0.0265. The van der Waals surface area contributed by atoms with Crippen LogP contribution in [-0.4, -0.2) is 28.5 Å². The molecule has 52 heavy (non-hydrogen) atoms. The molecule has 0 aliphatic carbocycles. The van der Waals surface area contributed by atoms with Crippen LogP contribution in [0.5, 0.6) is 11.5 Å². The third kappa shape index (κ3) is 6.71. The first-order chi connectivity index (χ1) is 24.7. The molecule has 7 rings (SSSR count). The quantitative estimate of drug-likeness (QED) is 0.162. The van der Waals surface area contributed by atoms with Gasteiger partial charge in [0.15, 0.2) is 0 Å². The van der Waals surface area contributed by atoms with E-state index in [1.54, 1.807) is 0 Å². The van der Waals surface area contributed by atoms with E-state index < -0.39 is 0 Å². The fraction of sp³-hybridized carbons (Fsp3) is 0.370. The van der Waals surface area contributed by atoms with Crippen LogP contribution in [0.4, 0.5) is 17.2 Å². The van der Waals surface area contributed by atoms with E-state index in [4.69, 9.17) is 19.5 Å². The second kappa shape index (κ2) is 13.5. The van der Waals surface area contributed by atoms with E-state index in [1.807, 2.05) is 42.7 Å². The third-order valence-electron chi connectivity index (χ3n) is 10.8. The number of fused-ring (bicyclic) bond motifs is 2. The maximum absolute atomic E-state index is 6.80. The molecule has 0 saturated heterocycles. The molecule has 0 N–H and O–H groups in total. The number of anilines is 3. The number of pyridine rings is 2. The van der Waals surface area contributed by atoms with Crippen molar-refractivity contribution in [2.24, 2.45) is 22.7 Å². The van der Waals surface area contributed by atoms with Crippen molar-refractivity contribution in [3.8, 4) is 22.8 Å². The van der Waals surface area contributed by atoms with Gasteiger partial charge < -0.3 is 9.47 Å². The van der Waals surface area contributed by atoms with Crippen molar-refractivity contribution >= 4 is 23.1 Å². The van der Waals surface area contributed by atoms with E-state index in [9.17, 15) is 0 Å². The van der Waals surface area contributed by atoms with Gasteiger partial charge in [-0.05, 0) is 101 Å². The van der Waals surface area contributed by atoms with Gasteiger partial charge in [-0.1, -0.05) is 86.6 Å². The van der Waals surface area contributed by atoms with Crippen LogP contribution in [-0.2, 0) is 15.6 Å². The second-order valence-electron chi connectivity index (χ2n) is 16.8. The smallest absolute Gasteiger partial charge is 0.216 e. The van der Waals surface area contributed by atoms with Crippen LogP contribution in [0.25, 0.3) is 11.3 Å². The van der Waals surface area contributed by atoms with Gasteiger partial charge in [-0.25, -0.2) is 9.98 Å². The van der Waals surface area contributed by atoms with Crippen LogP contribution in [0.15, 0.2) is 102 Å². The zero-order valence-electron chi connectivity index (χ0n) is 32.4. The van der Waals surface area contributed by atoms with Gasteiger partial charge in [-0.15, -0.1) is 0 Å². The molecule has 0 fully saturated rings. The first kappa shape index (κ1) is 35.4. The molecule has 0 bridgehead atoms. The molecule has 4 heterocycles. The maximum atomic E-state index is 6.80. The Kier molecular flexibility index (Phi) is 9.23. The minimum Gasteiger partial charge on any atom is -0.475 e. The fourth-order valence-corrected chi connectivity index (χ4v) is 8.20. The van der Waals surface area contributed by atoms with Gasteiger partial charge in [0.05, 0.1) is 23.1 Å². The van der Waals surface area contributed by atoms with E-state index in [0.29, 0.717) is 36.0 Å². The van der Waals surface area contributed by atoms with Crippen LogP contribution in [0, 0.1) is 24.7 Å². The molecule has 2 aromatic heterocycles. The Morgan fingerprint density at radius 1 is 0.788 bits per heavy atom. The molecular formula is C46H52N4O2. The predicted molar refractivity (Wildman–Crippen MR) is 214 cm³/mol. The largest absolute Gasteiger partial charge is 0.475 e. The highest BCUT2D eigenvalue weighted by Crippen LogP contribution is 2.52. The first-order valence-electron chi connectivity index (χ1n) is 18.7. The molecular weight excluding hydrogens is 641 g/mol. The van der Waals surface area contributed by atoms with Crippen LogP contribution in [0.2, 0.25) is 0 Å². The van der Waals surface area contributed by atoms with Crippen molar-refractivity contribution in [1.82, 2.24) is 9.97 Å². The van der Waals surface area contributed by atoms with Crippen LogP contribution < -0.4 is 9.64 Å². The molecule has 2 aliphatic heterocycles. The van der Waals surface area contributed by atoms with Gasteiger partial charge in [0.25, 0.3) is 0 Å². The number of hydrogen-bond acceptors (Lipinski definition) is 6. The molecule has 268 valence electrons. The normalized spacial score (nSPS) is 16.5. The molecule has 1 atom stereocenters. The number of rotatable bonds is 8. The zero-order chi connectivity index (χ0) is 36.9. The predicted octanol–water partition coefficient (Wildman–Crippen LogP) is 11.7. The summed E-state index contributed by atoms with van der Waals surface area (Å²) in [6.07, 6.45) is 3.70. The van der Waals surface area contributed by atoms with Crippen LogP contribution >= 0.6 is 0 Å². The molecule has 6 nitrogen and oxygen atoms in total. The van der Waals surface area contributed by atoms with E-state index in [2.05, 4.69) is 134 Å². The van der Waals surface area contributed by atoms with Gasteiger partial charge in [-0.3, -0.25) is 9.88 Å². The number of nitrogens with zero attached hydrogens (tertiary/aromatic N) is 4. The number of aliphatic imine (C=N–C) groups is 1. The van der Waals surface area contributed by atoms with Crippen molar-refractivity contribution in [2.75, 3.05) is 11.5 Å². The van der Waals surface area contributed by atoms with Crippen LogP contribution in [0.1, 0.15) is 90.1 Å². The highest BCUT2D eigenvalue weighted by molar-refractivity contribution is 5.97. The molecule has 0 spiro atoms. The second-order valence-corrected chi connectivity index (χ2v) is 16.8. The molecule has 2 aliphatic rings. The Labute approximate surface area is 310 Å². The van der Waals surface area contributed by atoms with E-state index >= 15 is 0 Å². The van der Waals surface area contributed by atoms with E-state index in [0.717, 1.165) is 45.3 Å². The summed E-state index contributed by atoms with van der Waals surface area (Å²) in [5.41, 5.74) is 9.50. The standard InChI is InChI=1S/C46H52N4O2/c1-28(2)42(29(3)4)40-27-51-44(49-40)32-22-31(39-15-11-12-18-47-39)23-36(24-32)52-35-21-30(5)20-34(26-35)50-41-17-16-33(45(6,7)8)25-38(41)46(9,10)37-14-13-19-48-43(37)50/h11-26,28-29,40,42H,27H2,1-10H3/t40-/m0/s1. The van der Waals surface area contributed by atoms with E-state index in [-0.39, 0.29) is 16.9 Å². The number of aromatic nitrogens is 2. The Balaban J connectivity index is 1.31. The Morgan fingerprint density at radius 3 is 2.23 bits per heavy atom. The molecule has 3 aromatic carbocycles. The summed E-state index contributed by atoms with van der Waals surface area (Å²) in [5, 5.41) is 0. The Bertz CT molecular complexity index is 2120. The molecule has 0 saturated carbocycles. The average molecular weight is 693 g/mol. The molecule has 0 amide bonds. The SMILES string of the molecule is Cc1cc(Oc2cc(C3=N[C@H](C(C(C)C)C(C)C)CO3)cc(-c3ccccn3)c2)cc(N2c3ccc(C(C)(C)C)cc3C(C)(C)c3cccnc32)c1. The van der Waals surface area contributed by atoms with Gasteiger partial charge >= 0.3 is 0 Å². The van der Waals surface area contributed by atoms with Crippen LogP contribution in [0.3, 0.4) is 0 Å². The number of benzene rings is 3. The third-order valence-corrected chi connectivity index (χ3v) is 10.8. The van der Waals surface area contributed by atoms with Gasteiger partial charge in [0.2, 0.25) is 5.90 Å². The number of hydrogen-bond donors (Lipinski definition) is 0. The average Bonchev–Trinajstić information content (AvgIpc) is 3.57. The van der Waals surface area contributed by atoms with Gasteiger partial charge in [0.1, 0.15) is 23.9 Å². The van der Waals surface area contributed by atoms with Crippen molar-refractivity contribution in [3.63, 3.8) is 0 Å². The monoisotopic (exact) mass is 692 g/mol. The number of ether oxygens (including phenoxy) is 2. The summed E-state index contributed by atoms with van der Waals surface area (Å²) >= 11 is 0. The summed E-state index contributed by atoms with van der Waals surface area (Å²) in [6.45, 7) is 23.2. The summed E-state index contributed by atoms with van der Waals surface area (Å²) in [5.74, 6) is 4.48. The highest BCUT2D eigenvalue weighted by Gasteiger charge is 2.39. The van der Waals surface area contributed by atoms with Gasteiger partial charge in [0, 0.05) is 40.6 Å². The highest BCUT2D eigenvalue weighted by atomic mass is 16.5. The first-order valence-corrected chi connectivity index (χ1v) is 18.7. The lowest BCUT2D eigenvalue weighted by Crippen LogP contribution is -2.32. The van der Waals surface area contributed by atoms with Crippen molar-refractivity contribution < 1.29 is 9.47 Å². The van der Waals surface area contributed by atoms with Gasteiger partial charge in [-0.2, -0.15) is 0 Å². The summed E-state index contributed by atoms with van der Waals surface area (Å²) in [4.78, 5) is 17.1. The fourth-order valence-electron chi connectivity index (χ4n) is 8.20. The lowest BCUT2D eigenvalue weighted by molar-refractivity contribution is 0.198. The summed E-state index contributed by atoms with van der Waals surface area (Å²) in [6, 6.07) is 29.9. The molecule has 0 unspecified atom stereocenters. The zero-order valence-corrected chi connectivity index (χ0v) is 32.4. The Morgan fingerprint density at radius 2 is 1.52 bits per heavy atom. The topological polar surface area (TPSA) is 59.8 Å². The summed E-state index contributed by atoms with van der Waals surface area (Å²) < 4.78 is 13.1. The van der Waals surface area contributed by atoms with Crippen molar-refractivity contribution in [1.29, 1.82) is 0 Å². The molecule has 5 aromatic rings. The van der Waals surface area contributed by atoms with Crippen molar-refractivity contribution in [2.45, 2.75) is 86.1 Å². The van der Waals surface area contributed by atoms with E-state index in [1.165, 1.54) is 16.7 Å². The lowest BCUT2D eigenvalue weighted by Gasteiger charge is -2.41. The number of aryl methyl sites for hydroxylation is 1. The molecule has 6 heteroatoms. The van der Waals surface area contributed by atoms with Crippen molar-refractivity contribution in [3.05, 3.63) is 125 Å². The maximum Gasteiger partial charge on any atom is 0.216 e. The minimum atomic E-state index is -0.226. The lowest BCUT2D eigenvalue weighted by atomic mass is 9.72. The Hall–Kier alpha value is -4.97. The molecule has 0 radical (unpaired) electrons.